The van der Waals surface area contributed by atoms with Gasteiger partial charge in [0.1, 0.15) is 0 Å². The molecular weight excluding hydrogens is 238 g/mol. The molecule has 4 nitrogen and oxygen atoms in total. The van der Waals surface area contributed by atoms with E-state index in [2.05, 4.69) is 0 Å². The Kier molecular flexibility index (Phi) is 4.03. The van der Waals surface area contributed by atoms with Crippen LogP contribution in [0.4, 0.5) is 0 Å². The fourth-order valence-electron chi connectivity index (χ4n) is 1.43. The first-order valence-corrected chi connectivity index (χ1v) is 7.35. The highest BCUT2D eigenvalue weighted by molar-refractivity contribution is 8.14. The van der Waals surface area contributed by atoms with Gasteiger partial charge in [-0.3, -0.25) is 4.90 Å². The zero-order chi connectivity index (χ0) is 11.7. The molecule has 0 saturated carbocycles. The van der Waals surface area contributed by atoms with Crippen LogP contribution in [0.3, 0.4) is 0 Å². The molecule has 1 unspecified atom stereocenters. The Bertz CT molecular complexity index is 310. The second-order valence-corrected chi connectivity index (χ2v) is 7.76. The maximum atomic E-state index is 11.1. The predicted molar refractivity (Wildman–Crippen MR) is 60.5 cm³/mol. The molecule has 1 fully saturated rings. The summed E-state index contributed by atoms with van der Waals surface area (Å²) < 4.78 is 27.7. The highest BCUT2D eigenvalue weighted by Gasteiger charge is 2.32. The van der Waals surface area contributed by atoms with Crippen molar-refractivity contribution in [3.8, 4) is 0 Å². The van der Waals surface area contributed by atoms with E-state index >= 15 is 0 Å². The first-order valence-electron chi connectivity index (χ1n) is 4.98. The van der Waals surface area contributed by atoms with E-state index in [0.717, 1.165) is 6.54 Å². The summed E-state index contributed by atoms with van der Waals surface area (Å²) >= 11 is 0. The van der Waals surface area contributed by atoms with Crippen LogP contribution in [0.2, 0.25) is 0 Å². The second kappa shape index (κ2) is 4.57. The van der Waals surface area contributed by atoms with E-state index in [1.54, 1.807) is 0 Å². The van der Waals surface area contributed by atoms with Crippen LogP contribution in [-0.4, -0.2) is 44.0 Å². The molecule has 1 atom stereocenters. The number of likely N-dealkylation sites (tertiary alicyclic amines) is 1. The van der Waals surface area contributed by atoms with Gasteiger partial charge >= 0.3 is 0 Å². The van der Waals surface area contributed by atoms with Crippen LogP contribution in [0.1, 0.15) is 27.2 Å². The van der Waals surface area contributed by atoms with Gasteiger partial charge in [-0.05, 0) is 27.2 Å². The van der Waals surface area contributed by atoms with E-state index < -0.39 is 14.3 Å². The third-order valence-electron chi connectivity index (χ3n) is 2.31. The normalized spacial score (nSPS) is 24.7. The van der Waals surface area contributed by atoms with Crippen LogP contribution in [0.5, 0.6) is 0 Å². The summed E-state index contributed by atoms with van der Waals surface area (Å²) in [7, 11) is 1.89. The van der Waals surface area contributed by atoms with E-state index in [-0.39, 0.29) is 5.60 Å². The third kappa shape index (κ3) is 4.68. The number of hydrogen-bond acceptors (Lipinski definition) is 4. The lowest BCUT2D eigenvalue weighted by Crippen LogP contribution is -2.31. The monoisotopic (exact) mass is 255 g/mol. The van der Waals surface area contributed by atoms with Gasteiger partial charge < -0.3 is 4.74 Å². The van der Waals surface area contributed by atoms with E-state index in [4.69, 9.17) is 15.4 Å². The molecule has 0 radical (unpaired) electrons. The summed E-state index contributed by atoms with van der Waals surface area (Å²) in [6, 6.07) is 0. The Morgan fingerprint density at radius 1 is 1.47 bits per heavy atom. The number of rotatable bonds is 3. The maximum absolute atomic E-state index is 11.1. The first-order chi connectivity index (χ1) is 6.68. The van der Waals surface area contributed by atoms with Crippen LogP contribution < -0.4 is 0 Å². The number of nitrogens with zero attached hydrogens (tertiary/aromatic N) is 1. The van der Waals surface area contributed by atoms with Gasteiger partial charge in [-0.15, -0.1) is 0 Å². The molecule has 1 aliphatic rings. The average Bonchev–Trinajstić information content (AvgIpc) is 2.45. The molecule has 0 aromatic heterocycles. The van der Waals surface area contributed by atoms with Gasteiger partial charge in [0.05, 0.1) is 17.6 Å². The van der Waals surface area contributed by atoms with Gasteiger partial charge in [0.15, 0.2) is 0 Å². The summed E-state index contributed by atoms with van der Waals surface area (Å²) in [4.78, 5) is 1.97. The molecule has 1 saturated heterocycles. The van der Waals surface area contributed by atoms with Crippen molar-refractivity contribution in [3.05, 3.63) is 0 Å². The lowest BCUT2D eigenvalue weighted by molar-refractivity contribution is -0.0565. The van der Waals surface area contributed by atoms with Crippen molar-refractivity contribution in [1.29, 1.82) is 0 Å². The van der Waals surface area contributed by atoms with E-state index in [1.165, 1.54) is 0 Å². The maximum Gasteiger partial charge on any atom is 0.236 e. The summed E-state index contributed by atoms with van der Waals surface area (Å²) in [6.45, 7) is 7.58. The van der Waals surface area contributed by atoms with Gasteiger partial charge in [0, 0.05) is 23.8 Å². The quantitative estimate of drug-likeness (QED) is 0.716. The minimum Gasteiger partial charge on any atom is -0.360 e. The molecule has 15 heavy (non-hydrogen) atoms. The molecule has 0 N–H and O–H groups in total. The first kappa shape index (κ1) is 13.2. The summed E-state index contributed by atoms with van der Waals surface area (Å²) in [5.41, 5.74) is -0.197. The number of ether oxygens (including phenoxy) is 1. The Morgan fingerprint density at radius 3 is 2.47 bits per heavy atom. The van der Waals surface area contributed by atoms with Crippen LogP contribution in [0, 0.1) is 0 Å². The Labute approximate surface area is 96.0 Å². The number of hydrogen-bond donors (Lipinski definition) is 0. The molecule has 0 spiro atoms. The molecule has 1 heterocycles. The molecule has 0 bridgehead atoms. The predicted octanol–water partition coefficient (Wildman–Crippen LogP) is 1.40. The molecule has 0 aliphatic carbocycles. The average molecular weight is 256 g/mol. The Morgan fingerprint density at radius 2 is 2.07 bits per heavy atom. The zero-order valence-electron chi connectivity index (χ0n) is 9.36. The standard InChI is InChI=1S/C9H18ClNO3S/c1-9(2,3)14-7-11-5-4-8(6-11)15(10,12)13/h8H,4-7H2,1-3H3. The topological polar surface area (TPSA) is 46.6 Å². The summed E-state index contributed by atoms with van der Waals surface area (Å²) in [5.74, 6) is 0. The van der Waals surface area contributed by atoms with Crippen molar-refractivity contribution in [2.24, 2.45) is 0 Å². The van der Waals surface area contributed by atoms with Crippen LogP contribution >= 0.6 is 10.7 Å². The third-order valence-corrected chi connectivity index (χ3v) is 4.24. The van der Waals surface area contributed by atoms with E-state index in [1.807, 2.05) is 25.7 Å². The van der Waals surface area contributed by atoms with Crippen molar-refractivity contribution in [2.45, 2.75) is 38.0 Å². The fraction of sp³-hybridized carbons (Fsp3) is 1.00. The fourth-order valence-corrected chi connectivity index (χ4v) is 2.64. The van der Waals surface area contributed by atoms with Gasteiger partial charge in [0.25, 0.3) is 0 Å². The van der Waals surface area contributed by atoms with Gasteiger partial charge in [-0.2, -0.15) is 0 Å². The van der Waals surface area contributed by atoms with Gasteiger partial charge in [-0.25, -0.2) is 8.42 Å². The Balaban J connectivity index is 2.38. The van der Waals surface area contributed by atoms with Crippen molar-refractivity contribution in [3.63, 3.8) is 0 Å². The van der Waals surface area contributed by atoms with Crippen LogP contribution in [-0.2, 0) is 13.8 Å². The number of halogens is 1. The van der Waals surface area contributed by atoms with E-state index in [0.29, 0.717) is 19.7 Å². The van der Waals surface area contributed by atoms with Crippen molar-refractivity contribution >= 4 is 19.7 Å². The molecule has 0 aromatic rings. The molecule has 1 rings (SSSR count). The van der Waals surface area contributed by atoms with Gasteiger partial charge in [0.2, 0.25) is 9.05 Å². The highest BCUT2D eigenvalue weighted by atomic mass is 35.7. The van der Waals surface area contributed by atoms with Crippen molar-refractivity contribution in [1.82, 2.24) is 4.90 Å². The molecular formula is C9H18ClNO3S. The van der Waals surface area contributed by atoms with Crippen LogP contribution in [0.15, 0.2) is 0 Å². The molecule has 1 aliphatic heterocycles. The summed E-state index contributed by atoms with van der Waals surface area (Å²) in [5, 5.41) is -0.442. The molecule has 0 aromatic carbocycles. The van der Waals surface area contributed by atoms with E-state index in [9.17, 15) is 8.42 Å². The highest BCUT2D eigenvalue weighted by Crippen LogP contribution is 2.20. The minimum absolute atomic E-state index is 0.197. The minimum atomic E-state index is -3.41. The Hall–Kier alpha value is 0.160. The lowest BCUT2D eigenvalue weighted by Gasteiger charge is -2.24. The molecule has 6 heteroatoms. The summed E-state index contributed by atoms with van der Waals surface area (Å²) in [6.07, 6.45) is 0.597. The van der Waals surface area contributed by atoms with Gasteiger partial charge in [-0.1, -0.05) is 0 Å². The SMILES string of the molecule is CC(C)(C)OCN1CCC(S(=O)(=O)Cl)C1. The second-order valence-electron chi connectivity index (χ2n) is 4.85. The zero-order valence-corrected chi connectivity index (χ0v) is 10.9. The lowest BCUT2D eigenvalue weighted by atomic mass is 10.2. The van der Waals surface area contributed by atoms with Crippen molar-refractivity contribution < 1.29 is 13.2 Å². The smallest absolute Gasteiger partial charge is 0.236 e. The molecule has 0 amide bonds. The van der Waals surface area contributed by atoms with Crippen LogP contribution in [0.25, 0.3) is 0 Å². The largest absolute Gasteiger partial charge is 0.360 e. The van der Waals surface area contributed by atoms with Crippen molar-refractivity contribution in [2.75, 3.05) is 19.8 Å². The molecule has 90 valence electrons.